The number of unbranched alkanes of at least 4 members (excludes halogenated alkanes) is 19. The Hall–Kier alpha value is -1.79. The summed E-state index contributed by atoms with van der Waals surface area (Å²) in [4.78, 5) is 13.1. The number of hydrogen-bond acceptors (Lipinski definition) is 13. The molecule has 2 aliphatic heterocycles. The molecule has 12 atom stereocenters. The van der Waals surface area contributed by atoms with Gasteiger partial charge < -0.3 is 65.1 Å². The van der Waals surface area contributed by atoms with Crippen LogP contribution in [0.5, 0.6) is 0 Å². The van der Waals surface area contributed by atoms with Crippen molar-refractivity contribution in [2.24, 2.45) is 0 Å². The molecule has 0 aromatic carbocycles. The monoisotopic (exact) mass is 886 g/mol. The second-order valence-corrected chi connectivity index (χ2v) is 17.2. The van der Waals surface area contributed by atoms with E-state index in [0.717, 1.165) is 70.6 Å². The summed E-state index contributed by atoms with van der Waals surface area (Å²) in [6.07, 6.45) is 21.8. The molecular formula is C48H87NO13. The van der Waals surface area contributed by atoms with E-state index in [1.165, 1.54) is 70.6 Å². The molecule has 62 heavy (non-hydrogen) atoms. The van der Waals surface area contributed by atoms with Crippen LogP contribution in [-0.2, 0) is 23.7 Å². The Balaban J connectivity index is 1.89. The summed E-state index contributed by atoms with van der Waals surface area (Å²) in [5, 5.41) is 86.6. The van der Waals surface area contributed by atoms with Crippen LogP contribution in [0.25, 0.3) is 0 Å². The van der Waals surface area contributed by atoms with Gasteiger partial charge in [-0.05, 0) is 44.9 Å². The average Bonchev–Trinajstić information content (AvgIpc) is 3.27. The zero-order valence-corrected chi connectivity index (χ0v) is 38.1. The molecule has 0 aliphatic carbocycles. The quantitative estimate of drug-likeness (QED) is 0.0279. The molecule has 14 nitrogen and oxygen atoms in total. The van der Waals surface area contributed by atoms with Gasteiger partial charge in [-0.2, -0.15) is 0 Å². The molecule has 0 saturated carbocycles. The summed E-state index contributed by atoms with van der Waals surface area (Å²) in [7, 11) is 0. The lowest BCUT2D eigenvalue weighted by atomic mass is 9.97. The third kappa shape index (κ3) is 22.9. The number of ether oxygens (including phenoxy) is 4. The lowest BCUT2D eigenvalue weighted by molar-refractivity contribution is -0.359. The molecule has 2 rings (SSSR count). The smallest absolute Gasteiger partial charge is 0.220 e. The van der Waals surface area contributed by atoms with Gasteiger partial charge in [-0.1, -0.05) is 153 Å². The SMILES string of the molecule is CCC/C=C\C/C=C\CCCCCCCC(=O)NC(COC1OC(CO)C(OC2OC(CO)C(O)C(O)C2O)C(O)C1O)C(O)/C=C/CCCCCCCCCCCCCCC. The summed E-state index contributed by atoms with van der Waals surface area (Å²) in [5.41, 5.74) is 0. The molecule has 14 heteroatoms. The first-order valence-electron chi connectivity index (χ1n) is 24.2. The van der Waals surface area contributed by atoms with Crippen molar-refractivity contribution in [3.8, 4) is 0 Å². The lowest BCUT2D eigenvalue weighted by Crippen LogP contribution is -2.65. The van der Waals surface area contributed by atoms with E-state index in [1.807, 2.05) is 6.08 Å². The van der Waals surface area contributed by atoms with Crippen molar-refractivity contribution >= 4 is 5.91 Å². The maximum atomic E-state index is 13.1. The summed E-state index contributed by atoms with van der Waals surface area (Å²) < 4.78 is 22.6. The number of nitrogens with one attached hydrogen (secondary N) is 1. The fourth-order valence-electron chi connectivity index (χ4n) is 7.80. The fourth-order valence-corrected chi connectivity index (χ4v) is 7.80. The van der Waals surface area contributed by atoms with Crippen molar-refractivity contribution < 1.29 is 64.6 Å². The number of aliphatic hydroxyl groups is 8. The molecule has 0 aromatic heterocycles. The maximum absolute atomic E-state index is 13.1. The van der Waals surface area contributed by atoms with Crippen LogP contribution in [0.4, 0.5) is 0 Å². The van der Waals surface area contributed by atoms with Crippen molar-refractivity contribution in [3.05, 3.63) is 36.5 Å². The second-order valence-electron chi connectivity index (χ2n) is 17.2. The minimum absolute atomic E-state index is 0.257. The molecule has 0 bridgehead atoms. The van der Waals surface area contributed by atoms with E-state index >= 15 is 0 Å². The standard InChI is InChI=1S/C48H87NO13/c1-3-5-7-9-11-13-15-17-18-20-21-23-25-27-29-31-37(52)36(49-40(53)32-30-28-26-24-22-19-16-14-12-10-8-6-4-2)35-59-47-45(58)43(56)46(39(34-51)61-47)62-48-44(57)42(55)41(54)38(33-50)60-48/h8,10,14,16,29,31,36-39,41-48,50-52,54-58H,3-7,9,11-13,15,17-28,30,32-35H2,1-2H3,(H,49,53)/b10-8-,16-14-,31-29+. The zero-order chi connectivity index (χ0) is 45.4. The first kappa shape index (κ1) is 56.3. The molecule has 0 aromatic rings. The molecule has 2 fully saturated rings. The van der Waals surface area contributed by atoms with Gasteiger partial charge in [-0.25, -0.2) is 0 Å². The molecular weight excluding hydrogens is 799 g/mol. The minimum atomic E-state index is -1.79. The van der Waals surface area contributed by atoms with E-state index in [4.69, 9.17) is 18.9 Å². The van der Waals surface area contributed by atoms with Crippen LogP contribution in [0.3, 0.4) is 0 Å². The van der Waals surface area contributed by atoms with Gasteiger partial charge in [0.25, 0.3) is 0 Å². The highest BCUT2D eigenvalue weighted by atomic mass is 16.7. The van der Waals surface area contributed by atoms with Crippen LogP contribution in [0.1, 0.15) is 168 Å². The normalized spacial score (nSPS) is 28.0. The van der Waals surface area contributed by atoms with Gasteiger partial charge in [-0.3, -0.25) is 4.79 Å². The molecule has 2 aliphatic rings. The van der Waals surface area contributed by atoms with E-state index in [-0.39, 0.29) is 18.9 Å². The number of carbonyl (C=O) groups excluding carboxylic acids is 1. The number of allylic oxidation sites excluding steroid dienone is 5. The van der Waals surface area contributed by atoms with Crippen LogP contribution in [0.2, 0.25) is 0 Å². The van der Waals surface area contributed by atoms with Gasteiger partial charge >= 0.3 is 0 Å². The van der Waals surface area contributed by atoms with Gasteiger partial charge in [0.1, 0.15) is 48.8 Å². The van der Waals surface area contributed by atoms with Gasteiger partial charge in [-0.15, -0.1) is 0 Å². The molecule has 1 amide bonds. The highest BCUT2D eigenvalue weighted by molar-refractivity contribution is 5.76. The highest BCUT2D eigenvalue weighted by Crippen LogP contribution is 2.30. The first-order valence-corrected chi connectivity index (χ1v) is 24.2. The van der Waals surface area contributed by atoms with Crippen molar-refractivity contribution in [3.63, 3.8) is 0 Å². The number of hydrogen-bond donors (Lipinski definition) is 9. The van der Waals surface area contributed by atoms with Crippen molar-refractivity contribution in [1.82, 2.24) is 5.32 Å². The Morgan fingerprint density at radius 3 is 1.68 bits per heavy atom. The van der Waals surface area contributed by atoms with Crippen LogP contribution >= 0.6 is 0 Å². The highest BCUT2D eigenvalue weighted by Gasteiger charge is 2.51. The Kier molecular flexibility index (Phi) is 32.2. The average molecular weight is 886 g/mol. The largest absolute Gasteiger partial charge is 0.394 e. The zero-order valence-electron chi connectivity index (χ0n) is 38.1. The van der Waals surface area contributed by atoms with Gasteiger partial charge in [0, 0.05) is 6.42 Å². The first-order chi connectivity index (χ1) is 30.1. The molecule has 2 saturated heterocycles. The van der Waals surface area contributed by atoms with Crippen molar-refractivity contribution in [1.29, 1.82) is 0 Å². The van der Waals surface area contributed by atoms with Gasteiger partial charge in [0.05, 0.1) is 32.0 Å². The summed E-state index contributed by atoms with van der Waals surface area (Å²) in [6, 6.07) is -0.919. The van der Waals surface area contributed by atoms with Crippen LogP contribution in [0.15, 0.2) is 36.5 Å². The molecule has 9 N–H and O–H groups in total. The van der Waals surface area contributed by atoms with Crippen LogP contribution in [-0.4, -0.2) is 140 Å². The van der Waals surface area contributed by atoms with Crippen molar-refractivity contribution in [2.75, 3.05) is 19.8 Å². The second kappa shape index (κ2) is 35.5. The Labute approximate surface area is 372 Å². The predicted molar refractivity (Wildman–Crippen MR) is 240 cm³/mol. The lowest BCUT2D eigenvalue weighted by Gasteiger charge is -2.46. The Bertz CT molecular complexity index is 1190. The van der Waals surface area contributed by atoms with E-state index in [9.17, 15) is 45.6 Å². The third-order valence-electron chi connectivity index (χ3n) is 11.8. The maximum Gasteiger partial charge on any atom is 0.220 e. The van der Waals surface area contributed by atoms with Crippen molar-refractivity contribution in [2.45, 2.75) is 242 Å². The topological polar surface area (TPSA) is 228 Å². The molecule has 12 unspecified atom stereocenters. The molecule has 0 radical (unpaired) electrons. The summed E-state index contributed by atoms with van der Waals surface area (Å²) in [5.74, 6) is -0.257. The third-order valence-corrected chi connectivity index (χ3v) is 11.8. The molecule has 362 valence electrons. The van der Waals surface area contributed by atoms with E-state index in [0.29, 0.717) is 6.42 Å². The Morgan fingerprint density at radius 2 is 1.10 bits per heavy atom. The van der Waals surface area contributed by atoms with Crippen LogP contribution < -0.4 is 5.32 Å². The van der Waals surface area contributed by atoms with E-state index in [1.54, 1.807) is 6.08 Å². The minimum Gasteiger partial charge on any atom is -0.394 e. The van der Waals surface area contributed by atoms with E-state index < -0.39 is 86.8 Å². The molecule has 2 heterocycles. The Morgan fingerprint density at radius 1 is 0.581 bits per heavy atom. The van der Waals surface area contributed by atoms with Gasteiger partial charge in [0.15, 0.2) is 12.6 Å². The summed E-state index contributed by atoms with van der Waals surface area (Å²) >= 11 is 0. The number of amides is 1. The number of carbonyl (C=O) groups is 1. The predicted octanol–water partition coefficient (Wildman–Crippen LogP) is 5.54. The fraction of sp³-hybridized carbons (Fsp3) is 0.854. The summed E-state index contributed by atoms with van der Waals surface area (Å²) in [6.45, 7) is 2.69. The van der Waals surface area contributed by atoms with Crippen LogP contribution in [0, 0.1) is 0 Å². The number of aliphatic hydroxyl groups excluding tert-OH is 8. The number of rotatable bonds is 36. The molecule has 0 spiro atoms. The van der Waals surface area contributed by atoms with E-state index in [2.05, 4.69) is 43.5 Å². The van der Waals surface area contributed by atoms with Gasteiger partial charge in [0.2, 0.25) is 5.91 Å².